The molecule has 0 N–H and O–H groups in total. The summed E-state index contributed by atoms with van der Waals surface area (Å²) in [6.07, 6.45) is 8.79. The molecule has 0 unspecified atom stereocenters. The van der Waals surface area contributed by atoms with E-state index in [-0.39, 0.29) is 0 Å². The van der Waals surface area contributed by atoms with E-state index in [0.29, 0.717) is 0 Å². The monoisotopic (exact) mass is 340 g/mol. The van der Waals surface area contributed by atoms with Gasteiger partial charge in [0, 0.05) is 12.1 Å². The van der Waals surface area contributed by atoms with Gasteiger partial charge in [-0.1, -0.05) is 49.2 Å². The molecule has 0 spiro atoms. The summed E-state index contributed by atoms with van der Waals surface area (Å²) in [4.78, 5) is 0. The Hall–Kier alpha value is -2.41. The second-order valence-corrected chi connectivity index (χ2v) is 8.06. The van der Waals surface area contributed by atoms with Gasteiger partial charge >= 0.3 is 0 Å². The third-order valence-corrected chi connectivity index (χ3v) is 6.45. The van der Waals surface area contributed by atoms with Crippen LogP contribution in [0.4, 0.5) is 0 Å². The summed E-state index contributed by atoms with van der Waals surface area (Å²) < 4.78 is 2.31. The van der Waals surface area contributed by atoms with E-state index in [0.717, 1.165) is 12.3 Å². The highest BCUT2D eigenvalue weighted by molar-refractivity contribution is 5.84. The fraction of sp³-hybridized carbons (Fsp3) is 0.320. The minimum absolute atomic E-state index is 0.754. The van der Waals surface area contributed by atoms with Crippen LogP contribution < -0.4 is 4.57 Å². The lowest BCUT2D eigenvalue weighted by Gasteiger charge is -2.14. The molecule has 0 bridgehead atoms. The molecular weight excluding hydrogens is 314 g/mol. The van der Waals surface area contributed by atoms with Crippen LogP contribution >= 0.6 is 0 Å². The highest BCUT2D eigenvalue weighted by atomic mass is 14.9. The van der Waals surface area contributed by atoms with Crippen molar-refractivity contribution in [3.8, 4) is 22.4 Å². The maximum absolute atomic E-state index is 2.47. The number of fused-ring (bicyclic) bond motifs is 3. The van der Waals surface area contributed by atoms with Crippen molar-refractivity contribution in [3.63, 3.8) is 0 Å². The molecule has 2 aliphatic carbocycles. The normalized spacial score (nSPS) is 15.9. The number of nitrogens with zero attached hydrogens (tertiary/aromatic N) is 1. The Balaban J connectivity index is 1.69. The summed E-state index contributed by atoms with van der Waals surface area (Å²) in [7, 11) is 2.19. The maximum atomic E-state index is 2.47. The molecule has 0 amide bonds. The second-order valence-electron chi connectivity index (χ2n) is 8.06. The van der Waals surface area contributed by atoms with Crippen LogP contribution in [0.3, 0.4) is 0 Å². The van der Waals surface area contributed by atoms with Crippen LogP contribution in [0.2, 0.25) is 0 Å². The predicted molar refractivity (Wildman–Crippen MR) is 107 cm³/mol. The molecule has 1 aromatic heterocycles. The Morgan fingerprint density at radius 1 is 0.923 bits per heavy atom. The van der Waals surface area contributed by atoms with Crippen molar-refractivity contribution in [1.82, 2.24) is 0 Å². The van der Waals surface area contributed by atoms with Gasteiger partial charge in [-0.15, -0.1) is 0 Å². The van der Waals surface area contributed by atoms with Gasteiger partial charge in [0.15, 0.2) is 6.20 Å². The van der Waals surface area contributed by atoms with E-state index in [1.54, 1.807) is 0 Å². The minimum Gasteiger partial charge on any atom is -0.201 e. The van der Waals surface area contributed by atoms with Crippen LogP contribution in [0.25, 0.3) is 22.4 Å². The lowest BCUT2D eigenvalue weighted by molar-refractivity contribution is -0.660. The molecule has 1 nitrogen and oxygen atoms in total. The largest absolute Gasteiger partial charge is 0.213 e. The molecule has 0 aliphatic heterocycles. The molecule has 1 heteroatoms. The standard InChI is InChI=1S/C25H26N/c1-17-11-12-22-21-10-6-5-9-20(21)15-23(22)25(17)24-16-19(13-14-26(24)2)18-7-3-4-8-18/h5-6,9-14,16,18H,3-4,7-8,15H2,1-2H3/q+1. The van der Waals surface area contributed by atoms with Gasteiger partial charge in [-0.25, -0.2) is 4.57 Å². The van der Waals surface area contributed by atoms with Crippen LogP contribution in [-0.2, 0) is 13.5 Å². The number of aryl methyl sites for hydroxylation is 2. The van der Waals surface area contributed by atoms with Gasteiger partial charge in [-0.05, 0) is 65.5 Å². The first kappa shape index (κ1) is 15.8. The molecule has 0 saturated heterocycles. The molecule has 0 radical (unpaired) electrons. The van der Waals surface area contributed by atoms with Crippen LogP contribution in [-0.4, -0.2) is 0 Å². The molecule has 3 aromatic rings. The molecule has 26 heavy (non-hydrogen) atoms. The van der Waals surface area contributed by atoms with Crippen LogP contribution in [0, 0.1) is 6.92 Å². The highest BCUT2D eigenvalue weighted by Crippen LogP contribution is 2.43. The number of aromatic nitrogens is 1. The van der Waals surface area contributed by atoms with E-state index >= 15 is 0 Å². The first-order valence-electron chi connectivity index (χ1n) is 9.93. The first-order valence-corrected chi connectivity index (χ1v) is 9.93. The van der Waals surface area contributed by atoms with Crippen molar-refractivity contribution >= 4 is 0 Å². The molecule has 1 heterocycles. The van der Waals surface area contributed by atoms with E-state index < -0.39 is 0 Å². The van der Waals surface area contributed by atoms with Crippen LogP contribution in [0.5, 0.6) is 0 Å². The van der Waals surface area contributed by atoms with E-state index in [1.807, 2.05) is 0 Å². The fourth-order valence-corrected chi connectivity index (χ4v) is 5.03. The number of pyridine rings is 1. The Labute approximate surface area is 156 Å². The second kappa shape index (κ2) is 6.09. The quantitative estimate of drug-likeness (QED) is 0.411. The molecule has 130 valence electrons. The van der Waals surface area contributed by atoms with Crippen molar-refractivity contribution in [2.75, 3.05) is 0 Å². The van der Waals surface area contributed by atoms with Gasteiger partial charge in [0.05, 0.1) is 5.56 Å². The molecule has 5 rings (SSSR count). The lowest BCUT2D eigenvalue weighted by Crippen LogP contribution is -2.31. The average molecular weight is 340 g/mol. The minimum atomic E-state index is 0.754. The smallest absolute Gasteiger partial charge is 0.201 e. The fourth-order valence-electron chi connectivity index (χ4n) is 5.03. The average Bonchev–Trinajstić information content (AvgIpc) is 3.30. The molecule has 2 aromatic carbocycles. The Morgan fingerprint density at radius 2 is 1.73 bits per heavy atom. The van der Waals surface area contributed by atoms with E-state index in [4.69, 9.17) is 0 Å². The summed E-state index contributed by atoms with van der Waals surface area (Å²) in [5.74, 6) is 0.754. The van der Waals surface area contributed by atoms with Crippen LogP contribution in [0.1, 0.15) is 53.9 Å². The zero-order valence-electron chi connectivity index (χ0n) is 15.8. The third kappa shape index (κ3) is 2.41. The highest BCUT2D eigenvalue weighted by Gasteiger charge is 2.27. The Morgan fingerprint density at radius 3 is 2.58 bits per heavy atom. The van der Waals surface area contributed by atoms with Crippen molar-refractivity contribution in [1.29, 1.82) is 0 Å². The van der Waals surface area contributed by atoms with Crippen molar-refractivity contribution < 1.29 is 4.57 Å². The van der Waals surface area contributed by atoms with E-state index in [1.165, 1.54) is 70.3 Å². The number of rotatable bonds is 2. The van der Waals surface area contributed by atoms with Crippen molar-refractivity contribution in [2.45, 2.75) is 44.9 Å². The summed E-state index contributed by atoms with van der Waals surface area (Å²) in [6, 6.07) is 18.3. The molecule has 1 saturated carbocycles. The van der Waals surface area contributed by atoms with Gasteiger partial charge in [0.2, 0.25) is 5.69 Å². The van der Waals surface area contributed by atoms with Gasteiger partial charge in [0.25, 0.3) is 0 Å². The summed E-state index contributed by atoms with van der Waals surface area (Å²) in [5, 5.41) is 0. The van der Waals surface area contributed by atoms with E-state index in [9.17, 15) is 0 Å². The summed E-state index contributed by atoms with van der Waals surface area (Å²) >= 11 is 0. The SMILES string of the molecule is Cc1ccc2c(c1-c1cc(C3CCCC3)cc[n+]1C)Cc1ccccc1-2. The molecule has 1 fully saturated rings. The maximum Gasteiger partial charge on any atom is 0.213 e. The topological polar surface area (TPSA) is 3.88 Å². The summed E-state index contributed by atoms with van der Waals surface area (Å²) in [6.45, 7) is 2.26. The van der Waals surface area contributed by atoms with E-state index in [2.05, 4.69) is 73.3 Å². The zero-order valence-corrected chi connectivity index (χ0v) is 15.8. The van der Waals surface area contributed by atoms with Crippen molar-refractivity contribution in [3.05, 3.63) is 77.0 Å². The number of hydrogen-bond donors (Lipinski definition) is 0. The van der Waals surface area contributed by atoms with Crippen molar-refractivity contribution in [2.24, 2.45) is 7.05 Å². The predicted octanol–water partition coefficient (Wildman–Crippen LogP) is 5.72. The molecule has 2 aliphatic rings. The van der Waals surface area contributed by atoms with Crippen LogP contribution in [0.15, 0.2) is 54.7 Å². The lowest BCUT2D eigenvalue weighted by atomic mass is 9.91. The van der Waals surface area contributed by atoms with Gasteiger partial charge in [-0.2, -0.15) is 0 Å². The number of hydrogen-bond acceptors (Lipinski definition) is 0. The number of benzene rings is 2. The van der Waals surface area contributed by atoms with Gasteiger partial charge in [0.1, 0.15) is 7.05 Å². The molecule has 0 atom stereocenters. The Bertz CT molecular complexity index is 993. The Kier molecular flexibility index (Phi) is 3.70. The third-order valence-electron chi connectivity index (χ3n) is 6.45. The van der Waals surface area contributed by atoms with Gasteiger partial charge < -0.3 is 0 Å². The summed E-state index contributed by atoms with van der Waals surface area (Å²) in [5.41, 5.74) is 11.5. The first-order chi connectivity index (χ1) is 12.7. The zero-order chi connectivity index (χ0) is 17.7. The van der Waals surface area contributed by atoms with Gasteiger partial charge in [-0.3, -0.25) is 0 Å². The molecular formula is C25H26N+.